The van der Waals surface area contributed by atoms with Crippen LogP contribution in [0.2, 0.25) is 0 Å². The number of hydrogen-bond donors (Lipinski definition) is 1. The molecule has 1 fully saturated rings. The maximum Gasteiger partial charge on any atom is 0.308 e. The van der Waals surface area contributed by atoms with Gasteiger partial charge >= 0.3 is 5.97 Å². The number of benzene rings is 1. The highest BCUT2D eigenvalue weighted by Gasteiger charge is 2.41. The third-order valence-electron chi connectivity index (χ3n) is 4.60. The van der Waals surface area contributed by atoms with Gasteiger partial charge in [0.25, 0.3) is 5.91 Å². The molecule has 2 heterocycles. The molecule has 0 spiro atoms. The van der Waals surface area contributed by atoms with Crippen LogP contribution < -0.4 is 0 Å². The SMILES string of the molecule is CC(C)c1occc1C(=O)N1CC(C(=O)O)C(c2ccccc2)C1. The number of carboxylic acid groups (broad SMARTS) is 1. The largest absolute Gasteiger partial charge is 0.481 e. The van der Waals surface area contributed by atoms with Gasteiger partial charge in [-0.2, -0.15) is 0 Å². The maximum absolute atomic E-state index is 12.9. The Balaban J connectivity index is 1.87. The van der Waals surface area contributed by atoms with E-state index in [0.717, 1.165) is 5.56 Å². The van der Waals surface area contributed by atoms with Gasteiger partial charge in [-0.05, 0) is 11.6 Å². The lowest BCUT2D eigenvalue weighted by atomic mass is 9.89. The second-order valence-corrected chi connectivity index (χ2v) is 6.53. The minimum atomic E-state index is -0.865. The van der Waals surface area contributed by atoms with Gasteiger partial charge < -0.3 is 14.4 Å². The van der Waals surface area contributed by atoms with E-state index in [4.69, 9.17) is 4.42 Å². The highest BCUT2D eigenvalue weighted by atomic mass is 16.4. The molecule has 0 radical (unpaired) electrons. The first-order valence-electron chi connectivity index (χ1n) is 8.13. The second-order valence-electron chi connectivity index (χ2n) is 6.53. The van der Waals surface area contributed by atoms with Crippen molar-refractivity contribution in [3.8, 4) is 0 Å². The normalized spacial score (nSPS) is 20.5. The van der Waals surface area contributed by atoms with Crippen LogP contribution in [0.1, 0.15) is 47.4 Å². The number of rotatable bonds is 4. The van der Waals surface area contributed by atoms with E-state index < -0.39 is 11.9 Å². The van der Waals surface area contributed by atoms with Crippen molar-refractivity contribution in [2.45, 2.75) is 25.7 Å². The van der Waals surface area contributed by atoms with Gasteiger partial charge in [-0.1, -0.05) is 44.2 Å². The summed E-state index contributed by atoms with van der Waals surface area (Å²) >= 11 is 0. The van der Waals surface area contributed by atoms with Crippen LogP contribution in [0.5, 0.6) is 0 Å². The Morgan fingerprint density at radius 1 is 1.17 bits per heavy atom. The molecule has 1 amide bonds. The number of hydrogen-bond acceptors (Lipinski definition) is 3. The van der Waals surface area contributed by atoms with Crippen molar-refractivity contribution in [3.05, 3.63) is 59.5 Å². The van der Waals surface area contributed by atoms with E-state index in [9.17, 15) is 14.7 Å². The van der Waals surface area contributed by atoms with Crippen LogP contribution in [-0.2, 0) is 4.79 Å². The molecule has 2 atom stereocenters. The number of amides is 1. The number of carbonyl (C=O) groups is 2. The molecule has 1 saturated heterocycles. The maximum atomic E-state index is 12.9. The molecule has 3 rings (SSSR count). The van der Waals surface area contributed by atoms with Gasteiger partial charge in [0.1, 0.15) is 5.76 Å². The second kappa shape index (κ2) is 6.51. The van der Waals surface area contributed by atoms with Crippen molar-refractivity contribution in [1.29, 1.82) is 0 Å². The lowest BCUT2D eigenvalue weighted by Gasteiger charge is -2.17. The van der Waals surface area contributed by atoms with Crippen molar-refractivity contribution >= 4 is 11.9 Å². The third-order valence-corrected chi connectivity index (χ3v) is 4.60. The van der Waals surface area contributed by atoms with E-state index in [1.165, 1.54) is 6.26 Å². The zero-order valence-electron chi connectivity index (χ0n) is 13.8. The van der Waals surface area contributed by atoms with Gasteiger partial charge in [0.15, 0.2) is 0 Å². The smallest absolute Gasteiger partial charge is 0.308 e. The molecule has 0 bridgehead atoms. The van der Waals surface area contributed by atoms with E-state index in [-0.39, 0.29) is 24.3 Å². The molecule has 1 aromatic heterocycles. The predicted molar refractivity (Wildman–Crippen MR) is 89.0 cm³/mol. The first-order valence-corrected chi connectivity index (χ1v) is 8.13. The first kappa shape index (κ1) is 16.3. The van der Waals surface area contributed by atoms with Crippen LogP contribution in [-0.4, -0.2) is 35.0 Å². The van der Waals surface area contributed by atoms with Crippen molar-refractivity contribution in [3.63, 3.8) is 0 Å². The summed E-state index contributed by atoms with van der Waals surface area (Å²) in [5, 5.41) is 9.56. The third kappa shape index (κ3) is 2.94. The molecule has 1 aliphatic heterocycles. The molecule has 24 heavy (non-hydrogen) atoms. The summed E-state index contributed by atoms with van der Waals surface area (Å²) < 4.78 is 5.43. The van der Waals surface area contributed by atoms with Crippen LogP contribution in [0, 0.1) is 5.92 Å². The summed E-state index contributed by atoms with van der Waals surface area (Å²) in [4.78, 5) is 26.1. The summed E-state index contributed by atoms with van der Waals surface area (Å²) in [7, 11) is 0. The van der Waals surface area contributed by atoms with Gasteiger partial charge in [-0.3, -0.25) is 9.59 Å². The highest BCUT2D eigenvalue weighted by Crippen LogP contribution is 2.34. The fourth-order valence-electron chi connectivity index (χ4n) is 3.37. The van der Waals surface area contributed by atoms with Gasteiger partial charge in [0.2, 0.25) is 0 Å². The average Bonchev–Trinajstić information content (AvgIpc) is 3.22. The Morgan fingerprint density at radius 3 is 2.50 bits per heavy atom. The molecule has 2 unspecified atom stereocenters. The van der Waals surface area contributed by atoms with Crippen LogP contribution in [0.3, 0.4) is 0 Å². The number of likely N-dealkylation sites (tertiary alicyclic amines) is 1. The van der Waals surface area contributed by atoms with Crippen LogP contribution >= 0.6 is 0 Å². The van der Waals surface area contributed by atoms with Gasteiger partial charge in [0.05, 0.1) is 17.7 Å². The quantitative estimate of drug-likeness (QED) is 0.935. The molecule has 1 aliphatic rings. The Bertz CT molecular complexity index is 735. The van der Waals surface area contributed by atoms with E-state index in [1.807, 2.05) is 44.2 Å². The first-order chi connectivity index (χ1) is 11.5. The average molecular weight is 327 g/mol. The van der Waals surface area contributed by atoms with Gasteiger partial charge in [0, 0.05) is 24.9 Å². The summed E-state index contributed by atoms with van der Waals surface area (Å²) in [6.45, 7) is 4.55. The molecule has 0 saturated carbocycles. The number of aliphatic carboxylic acids is 1. The fraction of sp³-hybridized carbons (Fsp3) is 0.368. The molecule has 126 valence electrons. The number of carboxylic acids is 1. The van der Waals surface area contributed by atoms with Gasteiger partial charge in [-0.25, -0.2) is 0 Å². The minimum absolute atomic E-state index is 0.0988. The van der Waals surface area contributed by atoms with Crippen molar-refractivity contribution < 1.29 is 19.1 Å². The topological polar surface area (TPSA) is 70.8 Å². The van der Waals surface area contributed by atoms with Crippen LogP contribution in [0.25, 0.3) is 0 Å². The van der Waals surface area contributed by atoms with Crippen LogP contribution in [0.4, 0.5) is 0 Å². The number of nitrogens with zero attached hydrogens (tertiary/aromatic N) is 1. The van der Waals surface area contributed by atoms with Crippen LogP contribution in [0.15, 0.2) is 47.1 Å². The Kier molecular flexibility index (Phi) is 4.42. The van der Waals surface area contributed by atoms with E-state index in [1.54, 1.807) is 11.0 Å². The lowest BCUT2D eigenvalue weighted by molar-refractivity contribution is -0.141. The zero-order chi connectivity index (χ0) is 17.3. The molecule has 5 nitrogen and oxygen atoms in total. The molecule has 0 aliphatic carbocycles. The number of furan rings is 1. The minimum Gasteiger partial charge on any atom is -0.481 e. The molecular formula is C19H21NO4. The Labute approximate surface area is 140 Å². The molecular weight excluding hydrogens is 306 g/mol. The molecule has 1 aromatic carbocycles. The van der Waals surface area contributed by atoms with E-state index in [2.05, 4.69) is 0 Å². The lowest BCUT2D eigenvalue weighted by Crippen LogP contribution is -2.30. The molecule has 2 aromatic rings. The van der Waals surface area contributed by atoms with E-state index in [0.29, 0.717) is 17.9 Å². The zero-order valence-corrected chi connectivity index (χ0v) is 13.8. The van der Waals surface area contributed by atoms with Crippen molar-refractivity contribution in [2.75, 3.05) is 13.1 Å². The summed E-state index contributed by atoms with van der Waals surface area (Å²) in [5.41, 5.74) is 1.49. The van der Waals surface area contributed by atoms with Crippen molar-refractivity contribution in [1.82, 2.24) is 4.90 Å². The van der Waals surface area contributed by atoms with Crippen molar-refractivity contribution in [2.24, 2.45) is 5.92 Å². The summed E-state index contributed by atoms with van der Waals surface area (Å²) in [6, 6.07) is 11.2. The highest BCUT2D eigenvalue weighted by molar-refractivity contribution is 5.96. The molecule has 1 N–H and O–H groups in total. The predicted octanol–water partition coefficient (Wildman–Crippen LogP) is 3.34. The van der Waals surface area contributed by atoms with E-state index >= 15 is 0 Å². The summed E-state index contributed by atoms with van der Waals surface area (Å²) in [6.07, 6.45) is 1.52. The van der Waals surface area contributed by atoms with Gasteiger partial charge in [-0.15, -0.1) is 0 Å². The molecule has 5 heteroatoms. The Morgan fingerprint density at radius 2 is 1.88 bits per heavy atom. The summed E-state index contributed by atoms with van der Waals surface area (Å²) in [5.74, 6) is -1.06. The Hall–Kier alpha value is -2.56. The number of carbonyl (C=O) groups excluding carboxylic acids is 1. The standard InChI is InChI=1S/C19H21NO4/c1-12(2)17-14(8-9-24-17)18(21)20-10-15(16(11-20)19(22)23)13-6-4-3-5-7-13/h3-9,12,15-16H,10-11H2,1-2H3,(H,22,23). The monoisotopic (exact) mass is 327 g/mol. The fourth-order valence-corrected chi connectivity index (χ4v) is 3.37.